The van der Waals surface area contributed by atoms with Crippen molar-refractivity contribution in [1.29, 1.82) is 0 Å². The van der Waals surface area contributed by atoms with E-state index in [0.29, 0.717) is 5.92 Å². The van der Waals surface area contributed by atoms with Crippen LogP contribution in [0.4, 0.5) is 4.79 Å². The number of nitrogens with one attached hydrogen (secondary N) is 3. The zero-order valence-electron chi connectivity index (χ0n) is 21.2. The summed E-state index contributed by atoms with van der Waals surface area (Å²) in [6.07, 6.45) is 5.42. The van der Waals surface area contributed by atoms with Gasteiger partial charge in [-0.25, -0.2) is 4.79 Å². The first-order valence-electron chi connectivity index (χ1n) is 13.2. The quantitative estimate of drug-likeness (QED) is 0.293. The fourth-order valence-electron chi connectivity index (χ4n) is 5.31. The van der Waals surface area contributed by atoms with Crippen LogP contribution in [0.5, 0.6) is 0 Å². The molecule has 3 aromatic carbocycles. The summed E-state index contributed by atoms with van der Waals surface area (Å²) in [5, 5.41) is 21.6. The topological polar surface area (TPSA) is 73.4 Å². The monoisotopic (exact) mass is 485 g/mol. The molecule has 5 nitrogen and oxygen atoms in total. The van der Waals surface area contributed by atoms with Crippen molar-refractivity contribution in [3.05, 3.63) is 108 Å². The van der Waals surface area contributed by atoms with Gasteiger partial charge in [0, 0.05) is 12.6 Å². The maximum absolute atomic E-state index is 12.9. The van der Waals surface area contributed by atoms with Crippen molar-refractivity contribution in [1.82, 2.24) is 16.0 Å². The summed E-state index contributed by atoms with van der Waals surface area (Å²) in [6, 6.07) is 29.0. The standard InChI is InChI=1S/C31H39N3O2/c1-24(31(36,27-13-7-3-8-14-27)28-15-9-4-10-16-28)33-30(35)34-29-19-17-25(18-20-29)21-22-32-23-26-11-5-2-6-12-26/h2-16,24-25,29,32,36H,17-23H2,1H3,(H2,33,34,35)/t24-,25?,29?/m1/s1. The van der Waals surface area contributed by atoms with Crippen LogP contribution in [-0.2, 0) is 12.1 Å². The number of aliphatic hydroxyl groups is 1. The van der Waals surface area contributed by atoms with Crippen LogP contribution in [0.2, 0.25) is 0 Å². The highest BCUT2D eigenvalue weighted by atomic mass is 16.3. The van der Waals surface area contributed by atoms with Crippen LogP contribution in [0, 0.1) is 5.92 Å². The Kier molecular flexibility index (Phi) is 9.15. The Morgan fingerprint density at radius 3 is 1.94 bits per heavy atom. The summed E-state index contributed by atoms with van der Waals surface area (Å²) in [4.78, 5) is 12.9. The molecule has 2 amide bonds. The maximum atomic E-state index is 12.9. The third-order valence-electron chi connectivity index (χ3n) is 7.49. The Labute approximate surface area is 215 Å². The molecule has 1 fully saturated rings. The van der Waals surface area contributed by atoms with Crippen molar-refractivity contribution in [2.75, 3.05) is 6.54 Å². The predicted octanol–water partition coefficient (Wildman–Crippen LogP) is 5.35. The number of urea groups is 1. The van der Waals surface area contributed by atoms with Gasteiger partial charge in [0.25, 0.3) is 0 Å². The van der Waals surface area contributed by atoms with E-state index >= 15 is 0 Å². The molecule has 4 rings (SSSR count). The highest BCUT2D eigenvalue weighted by molar-refractivity contribution is 5.75. The molecule has 190 valence electrons. The van der Waals surface area contributed by atoms with E-state index in [0.717, 1.165) is 49.9 Å². The van der Waals surface area contributed by atoms with E-state index < -0.39 is 11.6 Å². The molecule has 36 heavy (non-hydrogen) atoms. The average Bonchev–Trinajstić information content (AvgIpc) is 2.93. The fourth-order valence-corrected chi connectivity index (χ4v) is 5.31. The molecule has 3 aromatic rings. The smallest absolute Gasteiger partial charge is 0.315 e. The molecule has 1 atom stereocenters. The molecule has 1 aliphatic carbocycles. The van der Waals surface area contributed by atoms with Gasteiger partial charge in [0.05, 0.1) is 6.04 Å². The minimum Gasteiger partial charge on any atom is -0.378 e. The van der Waals surface area contributed by atoms with Crippen molar-refractivity contribution in [2.24, 2.45) is 5.92 Å². The SMILES string of the molecule is C[C@@H](NC(=O)NC1CCC(CCNCc2ccccc2)CC1)C(O)(c1ccccc1)c1ccccc1. The third-order valence-corrected chi connectivity index (χ3v) is 7.49. The van der Waals surface area contributed by atoms with Gasteiger partial charge < -0.3 is 21.1 Å². The van der Waals surface area contributed by atoms with Gasteiger partial charge in [-0.05, 0) is 68.2 Å². The van der Waals surface area contributed by atoms with Crippen LogP contribution >= 0.6 is 0 Å². The van der Waals surface area contributed by atoms with Crippen molar-refractivity contribution in [3.8, 4) is 0 Å². The Morgan fingerprint density at radius 2 is 1.39 bits per heavy atom. The lowest BCUT2D eigenvalue weighted by Gasteiger charge is -2.36. The van der Waals surface area contributed by atoms with Crippen molar-refractivity contribution in [2.45, 2.75) is 63.3 Å². The van der Waals surface area contributed by atoms with Crippen molar-refractivity contribution >= 4 is 6.03 Å². The summed E-state index contributed by atoms with van der Waals surface area (Å²) >= 11 is 0. The molecule has 0 bridgehead atoms. The summed E-state index contributed by atoms with van der Waals surface area (Å²) in [6.45, 7) is 3.79. The Balaban J connectivity index is 1.24. The molecule has 5 heteroatoms. The molecule has 0 aliphatic heterocycles. The van der Waals surface area contributed by atoms with Gasteiger partial charge >= 0.3 is 6.03 Å². The molecular weight excluding hydrogens is 446 g/mol. The zero-order valence-corrected chi connectivity index (χ0v) is 21.2. The van der Waals surface area contributed by atoms with Crippen LogP contribution in [0.3, 0.4) is 0 Å². The van der Waals surface area contributed by atoms with Gasteiger partial charge in [-0.1, -0.05) is 91.0 Å². The molecule has 0 spiro atoms. The highest BCUT2D eigenvalue weighted by Crippen LogP contribution is 2.33. The second kappa shape index (κ2) is 12.7. The number of rotatable bonds is 10. The summed E-state index contributed by atoms with van der Waals surface area (Å²) in [7, 11) is 0. The van der Waals surface area contributed by atoms with E-state index in [2.05, 4.69) is 40.2 Å². The Bertz CT molecular complexity index is 1010. The van der Waals surface area contributed by atoms with Gasteiger partial charge in [0.1, 0.15) is 5.60 Å². The third kappa shape index (κ3) is 6.74. The number of hydrogen-bond donors (Lipinski definition) is 4. The first kappa shape index (κ1) is 25.9. The lowest BCUT2D eigenvalue weighted by Crippen LogP contribution is -2.54. The predicted molar refractivity (Wildman–Crippen MR) is 146 cm³/mol. The van der Waals surface area contributed by atoms with Gasteiger partial charge in [-0.2, -0.15) is 0 Å². The van der Waals surface area contributed by atoms with Crippen molar-refractivity contribution in [3.63, 3.8) is 0 Å². The maximum Gasteiger partial charge on any atom is 0.315 e. The molecule has 0 saturated heterocycles. The molecule has 0 heterocycles. The van der Waals surface area contributed by atoms with Crippen molar-refractivity contribution < 1.29 is 9.90 Å². The summed E-state index contributed by atoms with van der Waals surface area (Å²) in [5.41, 5.74) is 1.50. The van der Waals surface area contributed by atoms with E-state index in [4.69, 9.17) is 0 Å². The molecule has 0 radical (unpaired) electrons. The van der Waals surface area contributed by atoms with E-state index in [1.54, 1.807) is 0 Å². The zero-order chi connectivity index (χ0) is 25.2. The second-order valence-electron chi connectivity index (χ2n) is 10.0. The molecular formula is C31H39N3O2. The van der Waals surface area contributed by atoms with E-state index in [-0.39, 0.29) is 12.1 Å². The van der Waals surface area contributed by atoms with Crippen LogP contribution in [0.15, 0.2) is 91.0 Å². The average molecular weight is 486 g/mol. The molecule has 0 aromatic heterocycles. The summed E-state index contributed by atoms with van der Waals surface area (Å²) < 4.78 is 0. The Morgan fingerprint density at radius 1 is 0.861 bits per heavy atom. The van der Waals surface area contributed by atoms with Gasteiger partial charge in [0.2, 0.25) is 0 Å². The van der Waals surface area contributed by atoms with E-state index in [9.17, 15) is 9.90 Å². The number of carbonyl (C=O) groups is 1. The minimum absolute atomic E-state index is 0.173. The van der Waals surface area contributed by atoms with Crippen LogP contribution in [-0.4, -0.2) is 29.8 Å². The fraction of sp³-hybridized carbons (Fsp3) is 0.387. The number of benzene rings is 3. The van der Waals surface area contributed by atoms with Crippen LogP contribution in [0.1, 0.15) is 55.7 Å². The van der Waals surface area contributed by atoms with Gasteiger partial charge in [-0.3, -0.25) is 0 Å². The first-order valence-corrected chi connectivity index (χ1v) is 13.2. The van der Waals surface area contributed by atoms with E-state index in [1.165, 1.54) is 12.0 Å². The lowest BCUT2D eigenvalue weighted by molar-refractivity contribution is 0.0470. The largest absolute Gasteiger partial charge is 0.378 e. The normalized spacial score (nSPS) is 18.8. The lowest BCUT2D eigenvalue weighted by atomic mass is 9.81. The molecule has 4 N–H and O–H groups in total. The number of amides is 2. The summed E-state index contributed by atoms with van der Waals surface area (Å²) in [5.74, 6) is 0.703. The highest BCUT2D eigenvalue weighted by Gasteiger charge is 2.38. The van der Waals surface area contributed by atoms with Gasteiger partial charge in [0.15, 0.2) is 0 Å². The molecule has 1 saturated carbocycles. The minimum atomic E-state index is -1.33. The second-order valence-corrected chi connectivity index (χ2v) is 10.0. The van der Waals surface area contributed by atoms with Crippen LogP contribution < -0.4 is 16.0 Å². The molecule has 0 unspecified atom stereocenters. The number of hydrogen-bond acceptors (Lipinski definition) is 3. The first-order chi connectivity index (χ1) is 17.6. The van der Waals surface area contributed by atoms with E-state index in [1.807, 2.05) is 73.7 Å². The van der Waals surface area contributed by atoms with Crippen LogP contribution in [0.25, 0.3) is 0 Å². The number of carbonyl (C=O) groups excluding carboxylic acids is 1. The van der Waals surface area contributed by atoms with Gasteiger partial charge in [-0.15, -0.1) is 0 Å². The Hall–Kier alpha value is -3.15. The molecule has 1 aliphatic rings.